The van der Waals surface area contributed by atoms with Crippen molar-refractivity contribution in [3.63, 3.8) is 0 Å². The number of phosphoric ester groups is 1. The summed E-state index contributed by atoms with van der Waals surface area (Å²) in [6.07, 6.45) is -5.27. The zero-order valence-corrected chi connectivity index (χ0v) is 19.7. The Labute approximate surface area is 198 Å². The first-order valence-corrected chi connectivity index (χ1v) is 12.0. The number of aromatic nitrogens is 4. The Morgan fingerprint density at radius 3 is 2.69 bits per heavy atom. The van der Waals surface area contributed by atoms with Gasteiger partial charge in [0, 0.05) is 7.11 Å². The second-order valence-corrected chi connectivity index (χ2v) is 9.43. The zero-order valence-electron chi connectivity index (χ0n) is 18.8. The molecule has 0 aliphatic carbocycles. The molecule has 1 aliphatic heterocycles. The number of hydrogen-bond acceptors (Lipinski definition) is 13. The van der Waals surface area contributed by atoms with Crippen LogP contribution in [0.25, 0.3) is 11.2 Å². The van der Waals surface area contributed by atoms with E-state index >= 15 is 0 Å². The van der Waals surface area contributed by atoms with Crippen LogP contribution in [0, 0.1) is 6.42 Å². The van der Waals surface area contributed by atoms with Crippen molar-refractivity contribution in [2.45, 2.75) is 56.1 Å². The molecule has 35 heavy (non-hydrogen) atoms. The van der Waals surface area contributed by atoms with Crippen molar-refractivity contribution in [1.82, 2.24) is 19.5 Å². The highest BCUT2D eigenvalue weighted by Crippen LogP contribution is 2.43. The van der Waals surface area contributed by atoms with Crippen molar-refractivity contribution in [1.29, 1.82) is 0 Å². The van der Waals surface area contributed by atoms with Crippen molar-refractivity contribution < 1.29 is 48.8 Å². The number of hydrogen-bond donors (Lipinski definition) is 8. The summed E-state index contributed by atoms with van der Waals surface area (Å²) >= 11 is 0. The van der Waals surface area contributed by atoms with Crippen LogP contribution in [-0.2, 0) is 18.3 Å². The number of imidazole rings is 1. The lowest BCUT2D eigenvalue weighted by Gasteiger charge is -2.28. The van der Waals surface area contributed by atoms with Gasteiger partial charge in [-0.25, -0.2) is 9.55 Å². The summed E-state index contributed by atoms with van der Waals surface area (Å²) in [4.78, 5) is 32.7. The van der Waals surface area contributed by atoms with Gasteiger partial charge in [0.05, 0.1) is 25.6 Å². The van der Waals surface area contributed by atoms with Crippen molar-refractivity contribution >= 4 is 24.9 Å². The van der Waals surface area contributed by atoms with E-state index in [0.717, 1.165) is 7.11 Å². The average Bonchev–Trinajstić information content (AvgIpc) is 3.37. The van der Waals surface area contributed by atoms with E-state index in [0.29, 0.717) is 0 Å². The van der Waals surface area contributed by atoms with Crippen LogP contribution in [0.5, 0.6) is 0 Å². The molecule has 17 heteroatoms. The first-order chi connectivity index (χ1) is 16.5. The summed E-state index contributed by atoms with van der Waals surface area (Å²) in [5.74, 6) is -0.0210. The van der Waals surface area contributed by atoms with Crippen molar-refractivity contribution in [2.24, 2.45) is 0 Å². The normalized spacial score (nSPS) is 27.0. The molecular weight excluding hydrogens is 493 g/mol. The van der Waals surface area contributed by atoms with E-state index in [1.165, 1.54) is 10.9 Å². The fraction of sp³-hybridized carbons (Fsp3) is 0.667. The van der Waals surface area contributed by atoms with E-state index in [-0.39, 0.29) is 23.5 Å². The molecule has 8 unspecified atom stereocenters. The number of nitrogens with one attached hydrogen (secondary N) is 2. The maximum atomic E-state index is 12.5. The summed E-state index contributed by atoms with van der Waals surface area (Å²) in [5, 5.41) is 52.2. The molecule has 0 amide bonds. The Morgan fingerprint density at radius 1 is 1.34 bits per heavy atom. The van der Waals surface area contributed by atoms with Crippen LogP contribution in [-0.4, -0.2) is 107 Å². The van der Waals surface area contributed by atoms with Crippen LogP contribution < -0.4 is 10.9 Å². The molecule has 0 aromatic carbocycles. The molecule has 0 bridgehead atoms. The predicted molar refractivity (Wildman–Crippen MR) is 118 cm³/mol. The number of ether oxygens (including phenoxy) is 1. The summed E-state index contributed by atoms with van der Waals surface area (Å²) in [6, 6.07) is -0.560. The number of fused-ring (bicyclic) bond motifs is 1. The van der Waals surface area contributed by atoms with Gasteiger partial charge in [0.2, 0.25) is 5.95 Å². The molecule has 0 saturated carbocycles. The Morgan fingerprint density at radius 2 is 2.06 bits per heavy atom. The molecule has 0 spiro atoms. The Balaban J connectivity index is 1.83. The second-order valence-electron chi connectivity index (χ2n) is 7.87. The maximum absolute atomic E-state index is 12.5. The molecular formula is C18H29N5O11P-. The average molecular weight is 522 g/mol. The van der Waals surface area contributed by atoms with Gasteiger partial charge < -0.3 is 46.9 Å². The van der Waals surface area contributed by atoms with Gasteiger partial charge in [-0.2, -0.15) is 11.9 Å². The molecule has 198 valence electrons. The number of H-pyrrole nitrogens is 1. The van der Waals surface area contributed by atoms with E-state index in [4.69, 9.17) is 14.4 Å². The fourth-order valence-corrected chi connectivity index (χ4v) is 3.93. The highest BCUT2D eigenvalue weighted by molar-refractivity contribution is 7.47. The smallest absolute Gasteiger partial charge is 0.394 e. The number of nitrogens with zero attached hydrogens (tertiary/aromatic N) is 3. The van der Waals surface area contributed by atoms with Crippen LogP contribution in [0.1, 0.15) is 19.6 Å². The van der Waals surface area contributed by atoms with Crippen LogP contribution in [0.2, 0.25) is 0 Å². The highest BCUT2D eigenvalue weighted by Gasteiger charge is 2.45. The van der Waals surface area contributed by atoms with E-state index in [2.05, 4.69) is 24.8 Å². The largest absolute Gasteiger partial charge is 0.472 e. The Bertz CT molecular complexity index is 1100. The Hall–Kier alpha value is -1.98. The molecule has 1 saturated heterocycles. The van der Waals surface area contributed by atoms with Crippen LogP contribution in [0.3, 0.4) is 0 Å². The SMILES string of the molecule is C[CH-]C(CC(O)C(O)CO)Nc1nc2c(ncn2C2OC(COP(=O)(O)OC)C(O)C2O)c(=O)[nH]1. The minimum atomic E-state index is -4.35. The van der Waals surface area contributed by atoms with E-state index in [1.807, 2.05) is 0 Å². The maximum Gasteiger partial charge on any atom is 0.472 e. The van der Waals surface area contributed by atoms with E-state index in [1.54, 1.807) is 13.3 Å². The number of anilines is 1. The van der Waals surface area contributed by atoms with Crippen molar-refractivity contribution in [2.75, 3.05) is 25.6 Å². The third-order valence-corrected chi connectivity index (χ3v) is 6.46. The summed E-state index contributed by atoms with van der Waals surface area (Å²) < 4.78 is 27.3. The third-order valence-electron chi connectivity index (χ3n) is 5.53. The third kappa shape index (κ3) is 6.24. The lowest BCUT2D eigenvalue weighted by molar-refractivity contribution is -0.0509. The van der Waals surface area contributed by atoms with Gasteiger partial charge in [-0.3, -0.25) is 23.4 Å². The van der Waals surface area contributed by atoms with Crippen molar-refractivity contribution in [3.05, 3.63) is 23.1 Å². The lowest BCUT2D eigenvalue weighted by Crippen LogP contribution is -2.35. The number of rotatable bonds is 12. The van der Waals surface area contributed by atoms with E-state index in [9.17, 15) is 34.7 Å². The van der Waals surface area contributed by atoms with Gasteiger partial charge in [0.25, 0.3) is 5.56 Å². The van der Waals surface area contributed by atoms with Crippen LogP contribution in [0.15, 0.2) is 11.1 Å². The lowest BCUT2D eigenvalue weighted by atomic mass is 10.0. The second kappa shape index (κ2) is 11.4. The van der Waals surface area contributed by atoms with Gasteiger partial charge in [-0.05, 0) is 6.42 Å². The molecule has 8 N–H and O–H groups in total. The van der Waals surface area contributed by atoms with Crippen LogP contribution in [0.4, 0.5) is 5.95 Å². The van der Waals surface area contributed by atoms with Gasteiger partial charge in [0.1, 0.15) is 24.4 Å². The quantitative estimate of drug-likeness (QED) is 0.107. The first-order valence-electron chi connectivity index (χ1n) is 10.6. The number of aromatic amines is 1. The fourth-order valence-electron chi connectivity index (χ4n) is 3.49. The molecule has 3 heterocycles. The summed E-state index contributed by atoms with van der Waals surface area (Å²) in [5.41, 5.74) is -0.728. The molecule has 16 nitrogen and oxygen atoms in total. The number of aliphatic hydroxyl groups is 5. The number of phosphoric acid groups is 1. The monoisotopic (exact) mass is 522 g/mol. The summed E-state index contributed by atoms with van der Waals surface area (Å²) in [6.45, 7) is 0.484. The zero-order chi connectivity index (χ0) is 25.9. The first kappa shape index (κ1) is 27.6. The van der Waals surface area contributed by atoms with Gasteiger partial charge in [-0.1, -0.05) is 6.04 Å². The van der Waals surface area contributed by atoms with Gasteiger partial charge in [0.15, 0.2) is 17.4 Å². The van der Waals surface area contributed by atoms with Crippen LogP contribution >= 0.6 is 7.82 Å². The molecule has 8 atom stereocenters. The highest BCUT2D eigenvalue weighted by atomic mass is 31.2. The predicted octanol–water partition coefficient (Wildman–Crippen LogP) is -2.39. The van der Waals surface area contributed by atoms with E-state index < -0.39 is 69.4 Å². The molecule has 1 fully saturated rings. The minimum Gasteiger partial charge on any atom is -0.394 e. The molecule has 0 radical (unpaired) electrons. The standard InChI is InChI=1S/C18H29N5O11P/c1-3-8(4-9(25)10(26)5-24)20-18-21-15-12(16(29)22-18)19-7-23(15)17-14(28)13(27)11(34-17)6-33-35(30,31)32-2/h3,7-11,13-14,17,24-28H,4-6H2,1-2H3,(H,30,31)(H2,20,21,22,29)/q-1. The number of aliphatic hydroxyl groups excluding tert-OH is 5. The molecule has 1 aliphatic rings. The van der Waals surface area contributed by atoms with Crippen molar-refractivity contribution in [3.8, 4) is 0 Å². The summed E-state index contributed by atoms with van der Waals surface area (Å²) in [7, 11) is -3.38. The van der Waals surface area contributed by atoms with Gasteiger partial charge in [-0.15, -0.1) is 0 Å². The molecule has 2 aromatic rings. The minimum absolute atomic E-state index is 0.00620. The topological polar surface area (TPSA) is 242 Å². The van der Waals surface area contributed by atoms with Gasteiger partial charge >= 0.3 is 7.82 Å². The molecule has 2 aromatic heterocycles. The molecule has 3 rings (SSSR count). The Kier molecular flexibility index (Phi) is 8.98.